The van der Waals surface area contributed by atoms with Gasteiger partial charge in [-0.3, -0.25) is 10.1 Å². The van der Waals surface area contributed by atoms with Crippen molar-refractivity contribution in [2.45, 2.75) is 59.8 Å². The molecule has 2 rings (SSSR count). The largest absolute Gasteiger partial charge is 0.366 e. The summed E-state index contributed by atoms with van der Waals surface area (Å²) in [6, 6.07) is 2.51. The molecule has 0 spiro atoms. The molecule has 0 N–H and O–H groups in total. The van der Waals surface area contributed by atoms with E-state index in [2.05, 4.69) is 44.7 Å². The first-order chi connectivity index (χ1) is 11.8. The number of hydrogen-bond acceptors (Lipinski definition) is 4. The van der Waals surface area contributed by atoms with E-state index < -0.39 is 5.41 Å². The molecular formula is C20H31N3O2. The van der Waals surface area contributed by atoms with Crippen LogP contribution in [0.4, 0.5) is 0 Å². The van der Waals surface area contributed by atoms with Gasteiger partial charge in [0, 0.05) is 25.4 Å². The highest BCUT2D eigenvalue weighted by molar-refractivity contribution is 5.29. The molecule has 0 aromatic carbocycles. The molecule has 0 aromatic rings. The van der Waals surface area contributed by atoms with Crippen molar-refractivity contribution in [1.82, 2.24) is 4.90 Å². The number of hydrogen-bond donors (Lipinski definition) is 0. The summed E-state index contributed by atoms with van der Waals surface area (Å²) in [6.07, 6.45) is 8.20. The van der Waals surface area contributed by atoms with Gasteiger partial charge < -0.3 is 4.90 Å². The van der Waals surface area contributed by atoms with Crippen molar-refractivity contribution in [3.63, 3.8) is 0 Å². The lowest BCUT2D eigenvalue weighted by atomic mass is 9.71. The third-order valence-corrected chi connectivity index (χ3v) is 5.36. The summed E-state index contributed by atoms with van der Waals surface area (Å²) >= 11 is 0. The van der Waals surface area contributed by atoms with Gasteiger partial charge in [-0.15, -0.1) is 0 Å². The third kappa shape index (κ3) is 4.42. The van der Waals surface area contributed by atoms with Gasteiger partial charge in [-0.05, 0) is 30.8 Å². The van der Waals surface area contributed by atoms with Crippen molar-refractivity contribution in [2.24, 2.45) is 23.2 Å². The molecule has 138 valence electrons. The highest BCUT2D eigenvalue weighted by Gasteiger charge is 2.44. The van der Waals surface area contributed by atoms with E-state index in [1.165, 1.54) is 0 Å². The average Bonchev–Trinajstić information content (AvgIpc) is 3.03. The zero-order valence-corrected chi connectivity index (χ0v) is 16.0. The van der Waals surface area contributed by atoms with E-state index in [-0.39, 0.29) is 16.5 Å². The zero-order chi connectivity index (χ0) is 18.6. The summed E-state index contributed by atoms with van der Waals surface area (Å²) < 4.78 is 0. The molecular weight excluding hydrogens is 314 g/mol. The molecule has 1 atom stereocenters. The molecule has 1 unspecified atom stereocenters. The molecule has 0 aliphatic heterocycles. The average molecular weight is 345 g/mol. The van der Waals surface area contributed by atoms with Crippen LogP contribution in [0.2, 0.25) is 0 Å². The van der Waals surface area contributed by atoms with Gasteiger partial charge in [-0.25, -0.2) is 0 Å². The lowest BCUT2D eigenvalue weighted by Crippen LogP contribution is -2.35. The second-order valence-electron chi connectivity index (χ2n) is 8.43. The number of nitriles is 1. The predicted molar refractivity (Wildman–Crippen MR) is 99.0 cm³/mol. The molecule has 2 aliphatic carbocycles. The molecule has 0 aromatic heterocycles. The smallest absolute Gasteiger partial charge is 0.269 e. The van der Waals surface area contributed by atoms with E-state index >= 15 is 0 Å². The fraction of sp³-hybridized carbons (Fsp3) is 0.750. The maximum absolute atomic E-state index is 11.8. The third-order valence-electron chi connectivity index (χ3n) is 5.36. The van der Waals surface area contributed by atoms with Crippen molar-refractivity contribution in [3.8, 4) is 6.07 Å². The Hall–Kier alpha value is -1.83. The van der Waals surface area contributed by atoms with Crippen molar-refractivity contribution in [3.05, 3.63) is 33.7 Å². The van der Waals surface area contributed by atoms with Crippen molar-refractivity contribution in [1.29, 1.82) is 5.26 Å². The maximum atomic E-state index is 11.8. The first-order valence-electron chi connectivity index (χ1n) is 9.51. The first-order valence-corrected chi connectivity index (χ1v) is 9.51. The van der Waals surface area contributed by atoms with E-state index in [4.69, 9.17) is 0 Å². The molecule has 1 saturated carbocycles. The molecule has 0 bridgehead atoms. The van der Waals surface area contributed by atoms with Gasteiger partial charge in [0.25, 0.3) is 5.70 Å². The number of nitro groups is 1. The van der Waals surface area contributed by atoms with E-state index in [1.54, 1.807) is 0 Å². The Morgan fingerprint density at radius 1 is 1.28 bits per heavy atom. The number of nitrogens with zero attached hydrogens (tertiary/aromatic N) is 3. The van der Waals surface area contributed by atoms with E-state index in [0.29, 0.717) is 18.3 Å². The van der Waals surface area contributed by atoms with Crippen LogP contribution in [-0.2, 0) is 0 Å². The highest BCUT2D eigenvalue weighted by Crippen LogP contribution is 2.48. The van der Waals surface area contributed by atoms with Crippen LogP contribution in [0.3, 0.4) is 0 Å². The van der Waals surface area contributed by atoms with E-state index in [0.717, 1.165) is 44.5 Å². The van der Waals surface area contributed by atoms with Crippen LogP contribution in [0.1, 0.15) is 59.8 Å². The summed E-state index contributed by atoms with van der Waals surface area (Å²) in [5.41, 5.74) is 0.620. The summed E-state index contributed by atoms with van der Waals surface area (Å²) in [5.74, 6) is 0.834. The second-order valence-corrected chi connectivity index (χ2v) is 8.43. The summed E-state index contributed by atoms with van der Waals surface area (Å²) in [4.78, 5) is 13.7. The van der Waals surface area contributed by atoms with Gasteiger partial charge in [0.2, 0.25) is 0 Å². The quantitative estimate of drug-likeness (QED) is 0.493. The highest BCUT2D eigenvalue weighted by atomic mass is 16.6. The predicted octanol–water partition coefficient (Wildman–Crippen LogP) is 4.75. The Labute approximate surface area is 151 Å². The Morgan fingerprint density at radius 3 is 2.28 bits per heavy atom. The number of allylic oxidation sites excluding steroid dienone is 3. The van der Waals surface area contributed by atoms with Crippen LogP contribution >= 0.6 is 0 Å². The topological polar surface area (TPSA) is 70.2 Å². The van der Waals surface area contributed by atoms with E-state index in [1.807, 2.05) is 6.08 Å². The minimum Gasteiger partial charge on any atom is -0.366 e. The molecule has 5 heteroatoms. The zero-order valence-electron chi connectivity index (χ0n) is 16.0. The van der Waals surface area contributed by atoms with Crippen LogP contribution in [0.5, 0.6) is 0 Å². The summed E-state index contributed by atoms with van der Waals surface area (Å²) in [6.45, 7) is 10.2. The monoisotopic (exact) mass is 345 g/mol. The van der Waals surface area contributed by atoms with Crippen LogP contribution in [-0.4, -0.2) is 22.9 Å². The van der Waals surface area contributed by atoms with Gasteiger partial charge in [0.1, 0.15) is 5.70 Å². The van der Waals surface area contributed by atoms with Gasteiger partial charge in [-0.1, -0.05) is 46.6 Å². The molecule has 25 heavy (non-hydrogen) atoms. The Kier molecular flexibility index (Phi) is 6.26. The lowest BCUT2D eigenvalue weighted by molar-refractivity contribution is -0.431. The van der Waals surface area contributed by atoms with Crippen LogP contribution in [0.15, 0.2) is 23.5 Å². The molecule has 5 nitrogen and oxygen atoms in total. The minimum absolute atomic E-state index is 0.0379. The van der Waals surface area contributed by atoms with Gasteiger partial charge in [0.05, 0.1) is 16.4 Å². The second kappa shape index (κ2) is 8.03. The van der Waals surface area contributed by atoms with Gasteiger partial charge >= 0.3 is 0 Å². The summed E-state index contributed by atoms with van der Waals surface area (Å²) in [7, 11) is 0. The normalized spacial score (nSPS) is 22.5. The Bertz CT molecular complexity index is 583. The molecule has 1 fully saturated rings. The van der Waals surface area contributed by atoms with Crippen LogP contribution in [0, 0.1) is 44.6 Å². The van der Waals surface area contributed by atoms with Crippen LogP contribution in [0.25, 0.3) is 0 Å². The van der Waals surface area contributed by atoms with Gasteiger partial charge in [-0.2, -0.15) is 5.26 Å². The number of rotatable bonds is 7. The molecule has 0 radical (unpaired) electrons. The SMILES string of the molecule is CC(C)CN(CC(C)C)C1=C([N+](=O)[O-])CC(C2(C#N)CCCC2)C=C1. The summed E-state index contributed by atoms with van der Waals surface area (Å²) in [5, 5.41) is 21.5. The standard InChI is InChI=1S/C20H31N3O2/c1-15(2)12-22(13-16(3)4)18-8-7-17(11-19(18)23(24)25)20(14-21)9-5-6-10-20/h7-8,15-17H,5-6,9-13H2,1-4H3. The van der Waals surface area contributed by atoms with Crippen LogP contribution < -0.4 is 0 Å². The molecule has 0 amide bonds. The van der Waals surface area contributed by atoms with Gasteiger partial charge in [0.15, 0.2) is 0 Å². The van der Waals surface area contributed by atoms with Crippen molar-refractivity contribution < 1.29 is 4.92 Å². The molecule has 0 heterocycles. The molecule has 2 aliphatic rings. The lowest BCUT2D eigenvalue weighted by Gasteiger charge is -2.34. The fourth-order valence-electron chi connectivity index (χ4n) is 4.24. The maximum Gasteiger partial charge on any atom is 0.269 e. The minimum atomic E-state index is -0.412. The molecule has 0 saturated heterocycles. The fourth-order valence-corrected chi connectivity index (χ4v) is 4.24. The van der Waals surface area contributed by atoms with Crippen molar-refractivity contribution in [2.75, 3.05) is 13.1 Å². The Morgan fingerprint density at radius 2 is 1.84 bits per heavy atom. The van der Waals surface area contributed by atoms with Crippen molar-refractivity contribution >= 4 is 0 Å². The Balaban J connectivity index is 2.33. The first kappa shape index (κ1) is 19.5. The van der Waals surface area contributed by atoms with E-state index in [9.17, 15) is 15.4 Å².